The van der Waals surface area contributed by atoms with E-state index in [9.17, 15) is 18.0 Å². The molecule has 0 N–H and O–H groups in total. The van der Waals surface area contributed by atoms with Crippen LogP contribution in [0.4, 0.5) is 13.2 Å². The van der Waals surface area contributed by atoms with Crippen molar-refractivity contribution in [2.75, 3.05) is 0 Å². The summed E-state index contributed by atoms with van der Waals surface area (Å²) < 4.78 is 37.4. The van der Waals surface area contributed by atoms with Gasteiger partial charge in [0, 0.05) is 11.3 Å². The smallest absolute Gasteiger partial charge is 0.303 e. The largest absolute Gasteiger partial charge is 0.416 e. The number of hydrogen-bond donors (Lipinski definition) is 0. The summed E-state index contributed by atoms with van der Waals surface area (Å²) in [6.07, 6.45) is -2.66. The molecule has 2 unspecified atom stereocenters. The number of aldehydes is 1. The molecule has 0 heterocycles. The molecule has 0 radical (unpaired) electrons. The van der Waals surface area contributed by atoms with Crippen LogP contribution in [0.25, 0.3) is 0 Å². The summed E-state index contributed by atoms with van der Waals surface area (Å²) in [6.45, 7) is 4.00. The molecule has 0 saturated heterocycles. The molecule has 1 aliphatic rings. The molecule has 0 bridgehead atoms. The average molecular weight is 256 g/mol. The Hall–Kier alpha value is -1.32. The number of carbonyl (C=O) groups is 1. The summed E-state index contributed by atoms with van der Waals surface area (Å²) in [6, 6.07) is 5.21. The van der Waals surface area contributed by atoms with E-state index < -0.39 is 11.7 Å². The molecule has 0 aliphatic heterocycles. The highest BCUT2D eigenvalue weighted by molar-refractivity contribution is 5.65. The first-order valence-electron chi connectivity index (χ1n) is 5.95. The minimum Gasteiger partial charge on any atom is -0.303 e. The summed E-state index contributed by atoms with van der Waals surface area (Å²) in [5.41, 5.74) is -0.0673. The Bertz CT molecular complexity index is 447. The molecule has 0 spiro atoms. The highest BCUT2D eigenvalue weighted by Gasteiger charge is 2.57. The van der Waals surface area contributed by atoms with Gasteiger partial charge in [0.15, 0.2) is 0 Å². The highest BCUT2D eigenvalue weighted by atomic mass is 19.4. The first-order chi connectivity index (χ1) is 8.32. The Morgan fingerprint density at radius 3 is 2.17 bits per heavy atom. The second kappa shape index (κ2) is 4.11. The maximum atomic E-state index is 12.5. The fraction of sp³-hybridized carbons (Fsp3) is 0.500. The minimum absolute atomic E-state index is 0.0609. The van der Waals surface area contributed by atoms with Crippen LogP contribution in [0, 0.1) is 11.8 Å². The average Bonchev–Trinajstić information content (AvgIpc) is 3.04. The van der Waals surface area contributed by atoms with Gasteiger partial charge in [-0.25, -0.2) is 0 Å². The summed E-state index contributed by atoms with van der Waals surface area (Å²) in [4.78, 5) is 10.9. The SMILES string of the molecule is CC(C)C1(c2ccc(C(F)(F)F)cc2)CC1C=O. The molecule has 98 valence electrons. The van der Waals surface area contributed by atoms with Crippen molar-refractivity contribution < 1.29 is 18.0 Å². The quantitative estimate of drug-likeness (QED) is 0.751. The third kappa shape index (κ3) is 1.93. The van der Waals surface area contributed by atoms with Crippen molar-refractivity contribution in [2.45, 2.75) is 31.9 Å². The number of benzene rings is 1. The standard InChI is InChI=1S/C14H15F3O/c1-9(2)13(7-12(13)8-18)10-3-5-11(6-4-10)14(15,16)17/h3-6,8-9,12H,7H2,1-2H3. The monoisotopic (exact) mass is 256 g/mol. The molecule has 18 heavy (non-hydrogen) atoms. The van der Waals surface area contributed by atoms with Gasteiger partial charge < -0.3 is 4.79 Å². The van der Waals surface area contributed by atoms with Gasteiger partial charge in [0.2, 0.25) is 0 Å². The first-order valence-corrected chi connectivity index (χ1v) is 5.95. The van der Waals surface area contributed by atoms with Gasteiger partial charge in [-0.3, -0.25) is 0 Å². The van der Waals surface area contributed by atoms with Crippen LogP contribution in [0.15, 0.2) is 24.3 Å². The normalized spacial score (nSPS) is 27.3. The Balaban J connectivity index is 2.33. The number of halogens is 3. The van der Waals surface area contributed by atoms with Crippen LogP contribution in [-0.2, 0) is 16.4 Å². The zero-order valence-electron chi connectivity index (χ0n) is 10.3. The lowest BCUT2D eigenvalue weighted by Crippen LogP contribution is -2.19. The van der Waals surface area contributed by atoms with Gasteiger partial charge in [-0.15, -0.1) is 0 Å². The summed E-state index contributed by atoms with van der Waals surface area (Å²) in [5.74, 6) is 0.179. The second-order valence-electron chi connectivity index (χ2n) is 5.22. The van der Waals surface area contributed by atoms with Crippen molar-refractivity contribution in [3.05, 3.63) is 35.4 Å². The van der Waals surface area contributed by atoms with Crippen LogP contribution in [0.5, 0.6) is 0 Å². The molecule has 2 atom stereocenters. The lowest BCUT2D eigenvalue weighted by molar-refractivity contribution is -0.137. The van der Waals surface area contributed by atoms with Crippen LogP contribution in [0.3, 0.4) is 0 Å². The molecule has 1 aliphatic carbocycles. The van der Waals surface area contributed by atoms with Crippen molar-refractivity contribution in [3.63, 3.8) is 0 Å². The van der Waals surface area contributed by atoms with Gasteiger partial charge in [0.25, 0.3) is 0 Å². The van der Waals surface area contributed by atoms with Crippen molar-refractivity contribution in [1.82, 2.24) is 0 Å². The van der Waals surface area contributed by atoms with E-state index in [0.29, 0.717) is 0 Å². The molecule has 0 amide bonds. The molecule has 2 rings (SSSR count). The molecule has 1 fully saturated rings. The number of carbonyl (C=O) groups excluding carboxylic acids is 1. The van der Waals surface area contributed by atoms with Gasteiger partial charge in [0.1, 0.15) is 6.29 Å². The molecule has 1 nitrogen and oxygen atoms in total. The van der Waals surface area contributed by atoms with E-state index in [-0.39, 0.29) is 17.3 Å². The molecule has 4 heteroatoms. The minimum atomic E-state index is -4.31. The van der Waals surface area contributed by atoms with Crippen LogP contribution >= 0.6 is 0 Å². The van der Waals surface area contributed by atoms with Crippen molar-refractivity contribution in [2.24, 2.45) is 11.8 Å². The van der Waals surface area contributed by atoms with E-state index in [4.69, 9.17) is 0 Å². The Morgan fingerprint density at radius 1 is 1.28 bits per heavy atom. The maximum Gasteiger partial charge on any atom is 0.416 e. The Kier molecular flexibility index (Phi) is 2.99. The molecule has 1 aromatic carbocycles. The Labute approximate surface area is 104 Å². The predicted molar refractivity (Wildman–Crippen MR) is 62.1 cm³/mol. The number of hydrogen-bond acceptors (Lipinski definition) is 1. The zero-order chi connectivity index (χ0) is 13.6. The Morgan fingerprint density at radius 2 is 1.83 bits per heavy atom. The molecular weight excluding hydrogens is 241 g/mol. The lowest BCUT2D eigenvalue weighted by atomic mass is 9.82. The van der Waals surface area contributed by atoms with Gasteiger partial charge in [-0.2, -0.15) is 13.2 Å². The molecular formula is C14H15F3O. The van der Waals surface area contributed by atoms with E-state index in [1.54, 1.807) is 0 Å². The van der Waals surface area contributed by atoms with Crippen LogP contribution in [0.2, 0.25) is 0 Å². The van der Waals surface area contributed by atoms with Crippen LogP contribution in [0.1, 0.15) is 31.4 Å². The van der Waals surface area contributed by atoms with E-state index in [0.717, 1.165) is 30.4 Å². The summed E-state index contributed by atoms with van der Waals surface area (Å²) >= 11 is 0. The van der Waals surface area contributed by atoms with Gasteiger partial charge in [-0.05, 0) is 30.0 Å². The van der Waals surface area contributed by atoms with E-state index >= 15 is 0 Å². The maximum absolute atomic E-state index is 12.5. The zero-order valence-corrected chi connectivity index (χ0v) is 10.3. The first kappa shape index (κ1) is 13.1. The number of rotatable bonds is 3. The molecule has 1 aromatic rings. The molecule has 0 aromatic heterocycles. The van der Waals surface area contributed by atoms with E-state index in [2.05, 4.69) is 0 Å². The fourth-order valence-electron chi connectivity index (χ4n) is 2.77. The van der Waals surface area contributed by atoms with E-state index in [1.807, 2.05) is 13.8 Å². The van der Waals surface area contributed by atoms with Gasteiger partial charge in [0.05, 0.1) is 5.56 Å². The predicted octanol–water partition coefficient (Wildman–Crippen LogP) is 3.82. The summed E-state index contributed by atoms with van der Waals surface area (Å²) in [5, 5.41) is 0. The van der Waals surface area contributed by atoms with Crippen LogP contribution < -0.4 is 0 Å². The van der Waals surface area contributed by atoms with E-state index in [1.165, 1.54) is 12.1 Å². The van der Waals surface area contributed by atoms with Gasteiger partial charge >= 0.3 is 6.18 Å². The fourth-order valence-corrected chi connectivity index (χ4v) is 2.77. The topological polar surface area (TPSA) is 17.1 Å². The third-order valence-corrected chi connectivity index (χ3v) is 4.00. The van der Waals surface area contributed by atoms with Gasteiger partial charge in [-0.1, -0.05) is 26.0 Å². The third-order valence-electron chi connectivity index (χ3n) is 4.00. The van der Waals surface area contributed by atoms with Crippen molar-refractivity contribution in [1.29, 1.82) is 0 Å². The molecule has 1 saturated carbocycles. The second-order valence-corrected chi connectivity index (χ2v) is 5.22. The van der Waals surface area contributed by atoms with Crippen molar-refractivity contribution >= 4 is 6.29 Å². The van der Waals surface area contributed by atoms with Crippen LogP contribution in [-0.4, -0.2) is 6.29 Å². The summed E-state index contributed by atoms with van der Waals surface area (Å²) in [7, 11) is 0. The van der Waals surface area contributed by atoms with Crippen molar-refractivity contribution in [3.8, 4) is 0 Å². The highest BCUT2D eigenvalue weighted by Crippen LogP contribution is 2.58. The lowest BCUT2D eigenvalue weighted by Gasteiger charge is -2.21. The number of alkyl halides is 3.